The minimum absolute atomic E-state index is 0.115. The zero-order valence-electron chi connectivity index (χ0n) is 7.63. The highest BCUT2D eigenvalue weighted by Crippen LogP contribution is 2.14. The van der Waals surface area contributed by atoms with Crippen molar-refractivity contribution in [3.8, 4) is 0 Å². The van der Waals surface area contributed by atoms with Gasteiger partial charge in [0.2, 0.25) is 0 Å². The van der Waals surface area contributed by atoms with Crippen molar-refractivity contribution < 1.29 is 14.3 Å². The molecule has 0 amide bonds. The molecular formula is C9H8BrFN2O2. The SMILES string of the molecule is C=C(Br)CNc1ncc(F)cc1C(=O)O. The molecule has 4 nitrogen and oxygen atoms in total. The third-order valence-electron chi connectivity index (χ3n) is 1.53. The average molecular weight is 275 g/mol. The zero-order chi connectivity index (χ0) is 11.4. The van der Waals surface area contributed by atoms with Crippen LogP contribution in [0.15, 0.2) is 23.3 Å². The van der Waals surface area contributed by atoms with E-state index in [-0.39, 0.29) is 11.4 Å². The highest BCUT2D eigenvalue weighted by atomic mass is 79.9. The Hall–Kier alpha value is -1.43. The van der Waals surface area contributed by atoms with Crippen LogP contribution < -0.4 is 5.32 Å². The molecule has 0 saturated carbocycles. The predicted octanol–water partition coefficient (Wildman–Crippen LogP) is 2.24. The number of nitrogens with zero attached hydrogens (tertiary/aromatic N) is 1. The number of hydrogen-bond donors (Lipinski definition) is 2. The van der Waals surface area contributed by atoms with Gasteiger partial charge in [-0.25, -0.2) is 14.2 Å². The number of pyridine rings is 1. The molecule has 0 unspecified atom stereocenters. The number of nitrogens with one attached hydrogen (secondary N) is 1. The molecule has 0 spiro atoms. The maximum atomic E-state index is 12.7. The first-order chi connectivity index (χ1) is 7.00. The molecule has 0 atom stereocenters. The minimum Gasteiger partial charge on any atom is -0.478 e. The fourth-order valence-electron chi connectivity index (χ4n) is 0.923. The van der Waals surface area contributed by atoms with Gasteiger partial charge >= 0.3 is 5.97 Å². The molecule has 6 heteroatoms. The van der Waals surface area contributed by atoms with Crippen LogP contribution in [0.4, 0.5) is 10.2 Å². The number of carboxylic acids is 1. The Kier molecular flexibility index (Phi) is 3.79. The number of anilines is 1. The number of rotatable bonds is 4. The first-order valence-electron chi connectivity index (χ1n) is 3.96. The summed E-state index contributed by atoms with van der Waals surface area (Å²) in [6.45, 7) is 3.89. The number of carbonyl (C=O) groups is 1. The van der Waals surface area contributed by atoms with Crippen molar-refractivity contribution in [2.75, 3.05) is 11.9 Å². The van der Waals surface area contributed by atoms with Crippen LogP contribution in [-0.2, 0) is 0 Å². The smallest absolute Gasteiger partial charge is 0.339 e. The molecule has 15 heavy (non-hydrogen) atoms. The first-order valence-corrected chi connectivity index (χ1v) is 4.76. The van der Waals surface area contributed by atoms with Gasteiger partial charge in [-0.05, 0) is 6.07 Å². The summed E-state index contributed by atoms with van der Waals surface area (Å²) >= 11 is 3.10. The molecule has 2 N–H and O–H groups in total. The van der Waals surface area contributed by atoms with Gasteiger partial charge in [0.15, 0.2) is 0 Å². The normalized spacial score (nSPS) is 9.73. The van der Waals surface area contributed by atoms with E-state index in [0.717, 1.165) is 12.3 Å². The van der Waals surface area contributed by atoms with Gasteiger partial charge in [-0.2, -0.15) is 0 Å². The number of halogens is 2. The van der Waals surface area contributed by atoms with Crippen LogP contribution in [0.1, 0.15) is 10.4 Å². The molecule has 0 aromatic carbocycles. The number of hydrogen-bond acceptors (Lipinski definition) is 3. The monoisotopic (exact) mass is 274 g/mol. The van der Waals surface area contributed by atoms with Crippen LogP contribution in [0, 0.1) is 5.82 Å². The quantitative estimate of drug-likeness (QED) is 0.884. The zero-order valence-corrected chi connectivity index (χ0v) is 9.21. The summed E-state index contributed by atoms with van der Waals surface area (Å²) in [7, 11) is 0. The van der Waals surface area contributed by atoms with Crippen LogP contribution in [0.3, 0.4) is 0 Å². The van der Waals surface area contributed by atoms with E-state index in [1.165, 1.54) is 0 Å². The lowest BCUT2D eigenvalue weighted by Crippen LogP contribution is -2.09. The van der Waals surface area contributed by atoms with Crippen LogP contribution in [0.5, 0.6) is 0 Å². The summed E-state index contributed by atoms with van der Waals surface area (Å²) in [5, 5.41) is 11.5. The molecule has 0 aliphatic carbocycles. The summed E-state index contributed by atoms with van der Waals surface area (Å²) in [5.41, 5.74) is -0.205. The second-order valence-electron chi connectivity index (χ2n) is 2.73. The lowest BCUT2D eigenvalue weighted by molar-refractivity contribution is 0.0697. The first kappa shape index (κ1) is 11.6. The second-order valence-corrected chi connectivity index (χ2v) is 3.85. The van der Waals surface area contributed by atoms with Crippen LogP contribution in [-0.4, -0.2) is 22.6 Å². The van der Waals surface area contributed by atoms with Gasteiger partial charge in [0.1, 0.15) is 17.2 Å². The molecule has 0 aliphatic heterocycles. The largest absolute Gasteiger partial charge is 0.478 e. The topological polar surface area (TPSA) is 62.2 Å². The Labute approximate surface area is 94.0 Å². The van der Waals surface area contributed by atoms with Crippen LogP contribution in [0.25, 0.3) is 0 Å². The fraction of sp³-hybridized carbons (Fsp3) is 0.111. The van der Waals surface area contributed by atoms with Crippen molar-refractivity contribution in [3.63, 3.8) is 0 Å². The summed E-state index contributed by atoms with van der Waals surface area (Å²) < 4.78 is 13.4. The lowest BCUT2D eigenvalue weighted by Gasteiger charge is -2.07. The minimum atomic E-state index is -1.23. The maximum Gasteiger partial charge on any atom is 0.339 e. The standard InChI is InChI=1S/C9H8BrFN2O2/c1-5(10)3-12-8-7(9(14)15)2-6(11)4-13-8/h2,4H,1,3H2,(H,12,13)(H,14,15). The molecule has 0 bridgehead atoms. The van der Waals surface area contributed by atoms with Gasteiger partial charge in [-0.1, -0.05) is 22.5 Å². The number of aromatic carboxylic acids is 1. The van der Waals surface area contributed by atoms with Gasteiger partial charge in [-0.15, -0.1) is 0 Å². The Morgan fingerprint density at radius 2 is 2.40 bits per heavy atom. The van der Waals surface area contributed by atoms with Gasteiger partial charge < -0.3 is 10.4 Å². The summed E-state index contributed by atoms with van der Waals surface area (Å²) in [6.07, 6.45) is 0.950. The third kappa shape index (κ3) is 3.32. The molecular weight excluding hydrogens is 267 g/mol. The van der Waals surface area contributed by atoms with E-state index in [1.807, 2.05) is 0 Å². The molecule has 0 fully saturated rings. The molecule has 1 aromatic heterocycles. The van der Waals surface area contributed by atoms with Crippen molar-refractivity contribution in [1.29, 1.82) is 0 Å². The van der Waals surface area contributed by atoms with E-state index < -0.39 is 11.8 Å². The number of aromatic nitrogens is 1. The lowest BCUT2D eigenvalue weighted by atomic mass is 10.2. The Balaban J connectivity index is 2.95. The third-order valence-corrected chi connectivity index (χ3v) is 1.81. The van der Waals surface area contributed by atoms with Gasteiger partial charge in [0.05, 0.1) is 6.20 Å². The molecule has 0 radical (unpaired) electrons. The Bertz CT molecular complexity index is 409. The summed E-state index contributed by atoms with van der Waals surface area (Å²) in [5.74, 6) is -1.80. The van der Waals surface area contributed by atoms with E-state index in [4.69, 9.17) is 5.11 Å². The van der Waals surface area contributed by atoms with Crippen molar-refractivity contribution in [3.05, 3.63) is 34.7 Å². The Morgan fingerprint density at radius 3 is 2.93 bits per heavy atom. The van der Waals surface area contributed by atoms with Crippen molar-refractivity contribution in [2.45, 2.75) is 0 Å². The van der Waals surface area contributed by atoms with E-state index in [0.29, 0.717) is 11.0 Å². The average Bonchev–Trinajstić information content (AvgIpc) is 2.15. The van der Waals surface area contributed by atoms with E-state index >= 15 is 0 Å². The summed E-state index contributed by atoms with van der Waals surface area (Å²) in [4.78, 5) is 14.4. The van der Waals surface area contributed by atoms with Gasteiger partial charge in [0.25, 0.3) is 0 Å². The number of carboxylic acid groups (broad SMARTS) is 1. The van der Waals surface area contributed by atoms with Gasteiger partial charge in [0, 0.05) is 11.0 Å². The maximum absolute atomic E-state index is 12.7. The molecule has 1 heterocycles. The molecule has 0 saturated heterocycles. The van der Waals surface area contributed by atoms with Crippen LogP contribution in [0.2, 0.25) is 0 Å². The predicted molar refractivity (Wildman–Crippen MR) is 57.7 cm³/mol. The van der Waals surface area contributed by atoms with E-state index in [2.05, 4.69) is 32.8 Å². The van der Waals surface area contributed by atoms with Crippen molar-refractivity contribution in [1.82, 2.24) is 4.98 Å². The Morgan fingerprint density at radius 1 is 1.73 bits per heavy atom. The molecule has 80 valence electrons. The molecule has 0 aliphatic rings. The van der Waals surface area contributed by atoms with E-state index in [9.17, 15) is 9.18 Å². The van der Waals surface area contributed by atoms with Crippen molar-refractivity contribution >= 4 is 27.7 Å². The van der Waals surface area contributed by atoms with Gasteiger partial charge in [-0.3, -0.25) is 0 Å². The molecule has 1 aromatic rings. The second kappa shape index (κ2) is 4.88. The van der Waals surface area contributed by atoms with E-state index in [1.54, 1.807) is 0 Å². The summed E-state index contributed by atoms with van der Waals surface area (Å²) in [6, 6.07) is 0.911. The van der Waals surface area contributed by atoms with Crippen molar-refractivity contribution in [2.24, 2.45) is 0 Å². The fourth-order valence-corrected chi connectivity index (χ4v) is 1.06. The highest BCUT2D eigenvalue weighted by molar-refractivity contribution is 9.11. The highest BCUT2D eigenvalue weighted by Gasteiger charge is 2.12. The van der Waals surface area contributed by atoms with Crippen LogP contribution >= 0.6 is 15.9 Å². The molecule has 1 rings (SSSR count).